The number of para-hydroxylation sites is 3. The molecule has 0 amide bonds. The number of nitrogens with zero attached hydrogens (tertiary/aromatic N) is 4. The van der Waals surface area contributed by atoms with E-state index in [1.807, 2.05) is 84.9 Å². The van der Waals surface area contributed by atoms with Crippen LogP contribution < -0.4 is 0 Å². The van der Waals surface area contributed by atoms with Gasteiger partial charge in [0.25, 0.3) is 0 Å². The molecular formula is C53H30N4O2. The lowest BCUT2D eigenvalue weighted by Gasteiger charge is -2.12. The molecule has 4 aromatic heterocycles. The van der Waals surface area contributed by atoms with Gasteiger partial charge >= 0.3 is 0 Å². The molecule has 0 atom stereocenters. The summed E-state index contributed by atoms with van der Waals surface area (Å²) in [6.07, 6.45) is 0. The monoisotopic (exact) mass is 754 g/mol. The maximum Gasteiger partial charge on any atom is 0.238 e. The minimum atomic E-state index is 0.398. The maximum absolute atomic E-state index is 8.32. The van der Waals surface area contributed by atoms with E-state index in [2.05, 4.69) is 106 Å². The molecule has 12 aromatic rings. The van der Waals surface area contributed by atoms with Crippen molar-refractivity contribution in [3.05, 3.63) is 193 Å². The Balaban J connectivity index is 1.02. The molecule has 0 saturated carbocycles. The summed E-state index contributed by atoms with van der Waals surface area (Å²) < 4.78 is 15.3. The van der Waals surface area contributed by atoms with Gasteiger partial charge in [-0.15, -0.1) is 0 Å². The fourth-order valence-corrected chi connectivity index (χ4v) is 8.70. The third kappa shape index (κ3) is 5.12. The van der Waals surface area contributed by atoms with Crippen molar-refractivity contribution in [2.24, 2.45) is 0 Å². The van der Waals surface area contributed by atoms with Crippen LogP contribution in [0.3, 0.4) is 0 Å². The fourth-order valence-electron chi connectivity index (χ4n) is 8.70. The number of hydrogen-bond acceptors (Lipinski definition) is 4. The minimum Gasteiger partial charge on any atom is -0.456 e. The Morgan fingerprint density at radius 1 is 0.407 bits per heavy atom. The van der Waals surface area contributed by atoms with Crippen LogP contribution in [0, 0.1) is 6.57 Å². The first-order chi connectivity index (χ1) is 29.2. The van der Waals surface area contributed by atoms with Crippen LogP contribution in [0.4, 0.5) is 5.69 Å². The summed E-state index contributed by atoms with van der Waals surface area (Å²) in [5, 5.41) is 6.54. The molecule has 0 spiro atoms. The Morgan fingerprint density at radius 2 is 1.02 bits per heavy atom. The van der Waals surface area contributed by atoms with Gasteiger partial charge in [0, 0.05) is 37.9 Å². The minimum absolute atomic E-state index is 0.398. The molecule has 8 aromatic carbocycles. The Labute approximate surface area is 337 Å². The van der Waals surface area contributed by atoms with Crippen molar-refractivity contribution >= 4 is 71.4 Å². The van der Waals surface area contributed by atoms with Gasteiger partial charge in [0.2, 0.25) is 5.69 Å². The van der Waals surface area contributed by atoms with Gasteiger partial charge in [0.05, 0.1) is 34.7 Å². The first-order valence-corrected chi connectivity index (χ1v) is 19.5. The van der Waals surface area contributed by atoms with Gasteiger partial charge in [-0.1, -0.05) is 127 Å². The van der Waals surface area contributed by atoms with Gasteiger partial charge in [0.1, 0.15) is 16.7 Å². The highest BCUT2D eigenvalue weighted by Crippen LogP contribution is 2.43. The maximum atomic E-state index is 8.32. The van der Waals surface area contributed by atoms with Gasteiger partial charge in [-0.25, -0.2) is 14.8 Å². The lowest BCUT2D eigenvalue weighted by molar-refractivity contribution is 0.666. The average Bonchev–Trinajstić information content (AvgIpc) is 3.98. The Morgan fingerprint density at radius 3 is 1.83 bits per heavy atom. The second-order valence-electron chi connectivity index (χ2n) is 14.8. The van der Waals surface area contributed by atoms with E-state index in [0.29, 0.717) is 28.5 Å². The van der Waals surface area contributed by atoms with E-state index in [1.54, 1.807) is 0 Å². The van der Waals surface area contributed by atoms with Gasteiger partial charge in [-0.2, -0.15) is 0 Å². The van der Waals surface area contributed by atoms with Crippen LogP contribution in [0.1, 0.15) is 0 Å². The molecule has 0 N–H and O–H groups in total. The van der Waals surface area contributed by atoms with Gasteiger partial charge < -0.3 is 13.4 Å². The molecule has 0 saturated heterocycles. The normalized spacial score (nSPS) is 11.7. The largest absolute Gasteiger partial charge is 0.456 e. The molecule has 6 heteroatoms. The molecule has 4 heterocycles. The van der Waals surface area contributed by atoms with Crippen molar-refractivity contribution in [1.29, 1.82) is 0 Å². The van der Waals surface area contributed by atoms with Crippen LogP contribution >= 0.6 is 0 Å². The highest BCUT2D eigenvalue weighted by Gasteiger charge is 2.22. The van der Waals surface area contributed by atoms with Crippen LogP contribution in [-0.4, -0.2) is 14.5 Å². The summed E-state index contributed by atoms with van der Waals surface area (Å²) in [5.41, 5.74) is 12.8. The predicted molar refractivity (Wildman–Crippen MR) is 239 cm³/mol. The van der Waals surface area contributed by atoms with Crippen LogP contribution in [0.25, 0.3) is 121 Å². The standard InChI is InChI=1S/C53H30N4O2/c1-54-51-49(32-13-4-2-5-14-32)55-53(33-15-6-3-7-16-33)56-50(51)36-23-26-39-40-19-12-21-45(52(40)59-48(39)31-36)57-43-20-10-8-17-37(43)41-29-34(24-27-44(41)57)35-25-28-47-42(30-35)38-18-9-11-22-46(38)58-47/h2-31H. The Kier molecular flexibility index (Phi) is 7.19. The molecular weight excluding hydrogens is 725 g/mol. The smallest absolute Gasteiger partial charge is 0.238 e. The number of fused-ring (bicyclic) bond motifs is 9. The zero-order valence-electron chi connectivity index (χ0n) is 31.4. The van der Waals surface area contributed by atoms with Crippen molar-refractivity contribution in [3.63, 3.8) is 0 Å². The summed E-state index contributed by atoms with van der Waals surface area (Å²) in [5.74, 6) is 0.559. The zero-order valence-corrected chi connectivity index (χ0v) is 31.4. The number of aromatic nitrogens is 3. The summed E-state index contributed by atoms with van der Waals surface area (Å²) in [4.78, 5) is 14.0. The highest BCUT2D eigenvalue weighted by molar-refractivity contribution is 6.14. The molecule has 0 fully saturated rings. The zero-order chi connectivity index (χ0) is 39.0. The molecule has 0 radical (unpaired) electrons. The van der Waals surface area contributed by atoms with Crippen molar-refractivity contribution < 1.29 is 8.83 Å². The van der Waals surface area contributed by atoms with E-state index in [0.717, 1.165) is 93.6 Å². The third-order valence-corrected chi connectivity index (χ3v) is 11.5. The fraction of sp³-hybridized carbons (Fsp3) is 0. The van der Waals surface area contributed by atoms with Crippen molar-refractivity contribution in [1.82, 2.24) is 14.5 Å². The van der Waals surface area contributed by atoms with Crippen LogP contribution in [0.15, 0.2) is 191 Å². The summed E-state index contributed by atoms with van der Waals surface area (Å²) in [7, 11) is 0. The molecule has 6 nitrogen and oxygen atoms in total. The summed E-state index contributed by atoms with van der Waals surface area (Å²) >= 11 is 0. The van der Waals surface area contributed by atoms with E-state index in [1.165, 1.54) is 0 Å². The van der Waals surface area contributed by atoms with Crippen LogP contribution in [0.2, 0.25) is 0 Å². The Bertz CT molecular complexity index is 3680. The van der Waals surface area contributed by atoms with E-state index in [-0.39, 0.29) is 0 Å². The average molecular weight is 755 g/mol. The van der Waals surface area contributed by atoms with Crippen molar-refractivity contribution in [3.8, 4) is 50.7 Å². The molecule has 0 bridgehead atoms. The third-order valence-electron chi connectivity index (χ3n) is 11.5. The number of furan rings is 2. The first-order valence-electron chi connectivity index (χ1n) is 19.5. The second-order valence-corrected chi connectivity index (χ2v) is 14.8. The Hall–Kier alpha value is -8.27. The van der Waals surface area contributed by atoms with Crippen LogP contribution in [-0.2, 0) is 0 Å². The molecule has 59 heavy (non-hydrogen) atoms. The number of benzene rings is 8. The van der Waals surface area contributed by atoms with Crippen LogP contribution in [0.5, 0.6) is 0 Å². The number of hydrogen-bond donors (Lipinski definition) is 0. The van der Waals surface area contributed by atoms with E-state index >= 15 is 0 Å². The highest BCUT2D eigenvalue weighted by atomic mass is 16.3. The first kappa shape index (κ1) is 32.9. The molecule has 0 aliphatic rings. The van der Waals surface area contributed by atoms with Gasteiger partial charge in [0.15, 0.2) is 11.4 Å². The summed E-state index contributed by atoms with van der Waals surface area (Å²) in [6, 6.07) is 62.2. The molecule has 0 aliphatic heterocycles. The quantitative estimate of drug-likeness (QED) is 0.164. The second kappa shape index (κ2) is 12.9. The molecule has 12 rings (SSSR count). The predicted octanol–water partition coefficient (Wildman–Crippen LogP) is 14.6. The summed E-state index contributed by atoms with van der Waals surface area (Å²) in [6.45, 7) is 8.32. The van der Waals surface area contributed by atoms with E-state index in [9.17, 15) is 0 Å². The number of rotatable bonds is 5. The lowest BCUT2D eigenvalue weighted by Crippen LogP contribution is -1.97. The molecule has 274 valence electrons. The van der Waals surface area contributed by atoms with E-state index < -0.39 is 0 Å². The van der Waals surface area contributed by atoms with Crippen molar-refractivity contribution in [2.75, 3.05) is 0 Å². The SMILES string of the molecule is [C-]#[N+]c1c(-c2ccccc2)nc(-c2ccccc2)nc1-c1ccc2c(c1)oc1c(-n3c4ccccc4c4cc(-c5ccc6oc7ccccc7c6c5)ccc43)cccc12. The topological polar surface area (TPSA) is 61.4 Å². The molecule has 0 aliphatic carbocycles. The molecule has 0 unspecified atom stereocenters. The van der Waals surface area contributed by atoms with Gasteiger partial charge in [-0.3, -0.25) is 0 Å². The lowest BCUT2D eigenvalue weighted by atomic mass is 10.0. The van der Waals surface area contributed by atoms with Gasteiger partial charge in [-0.05, 0) is 76.9 Å². The van der Waals surface area contributed by atoms with E-state index in [4.69, 9.17) is 25.4 Å². The van der Waals surface area contributed by atoms with Crippen molar-refractivity contribution in [2.45, 2.75) is 0 Å².